The van der Waals surface area contributed by atoms with E-state index in [1.54, 1.807) is 6.92 Å². The molecule has 2 aliphatic heterocycles. The average molecular weight is 524 g/mol. The van der Waals surface area contributed by atoms with Gasteiger partial charge in [0, 0.05) is 31.7 Å². The van der Waals surface area contributed by atoms with Crippen LogP contribution in [0.25, 0.3) is 0 Å². The number of aryl methyl sites for hydroxylation is 1. The molecule has 2 aliphatic rings. The number of hydrogen-bond donors (Lipinski definition) is 0. The molecule has 0 amide bonds. The summed E-state index contributed by atoms with van der Waals surface area (Å²) in [5.41, 5.74) is 0.755. The molecule has 0 spiro atoms. The van der Waals surface area contributed by atoms with Crippen molar-refractivity contribution in [1.82, 2.24) is 0 Å². The molecular formula is C26H31F2NO6S. The minimum absolute atomic E-state index is 0.0106. The number of methoxy groups -OCH3 is 1. The molecule has 196 valence electrons. The Kier molecular flexibility index (Phi) is 7.56. The van der Waals surface area contributed by atoms with Gasteiger partial charge in [-0.3, -0.25) is 4.31 Å². The second-order valence-corrected chi connectivity index (χ2v) is 11.3. The average Bonchev–Trinajstić information content (AvgIpc) is 2.86. The van der Waals surface area contributed by atoms with Gasteiger partial charge in [0.05, 0.1) is 24.3 Å². The summed E-state index contributed by atoms with van der Waals surface area (Å²) >= 11 is 0. The van der Waals surface area contributed by atoms with E-state index >= 15 is 0 Å². The molecule has 2 heterocycles. The lowest BCUT2D eigenvalue weighted by atomic mass is 9.95. The number of esters is 1. The van der Waals surface area contributed by atoms with E-state index in [2.05, 4.69) is 0 Å². The molecule has 0 N–H and O–H groups in total. The highest BCUT2D eigenvalue weighted by atomic mass is 32.2. The lowest BCUT2D eigenvalue weighted by Crippen LogP contribution is -2.42. The van der Waals surface area contributed by atoms with Crippen molar-refractivity contribution in [3.8, 4) is 5.75 Å². The van der Waals surface area contributed by atoms with Crippen LogP contribution in [0.15, 0.2) is 41.3 Å². The number of hydrogen-bond acceptors (Lipinski definition) is 6. The van der Waals surface area contributed by atoms with E-state index in [0.717, 1.165) is 19.8 Å². The number of carbonyl (C=O) groups is 1. The van der Waals surface area contributed by atoms with Crippen LogP contribution in [0.3, 0.4) is 0 Å². The summed E-state index contributed by atoms with van der Waals surface area (Å²) in [6.07, 6.45) is 2.65. The normalized spacial score (nSPS) is 19.0. The van der Waals surface area contributed by atoms with Gasteiger partial charge < -0.3 is 14.2 Å². The molecule has 1 fully saturated rings. The number of carbonyl (C=O) groups excluding carboxylic acids is 1. The van der Waals surface area contributed by atoms with E-state index in [4.69, 9.17) is 14.2 Å². The zero-order chi connectivity index (χ0) is 26.1. The van der Waals surface area contributed by atoms with Crippen LogP contribution < -0.4 is 9.04 Å². The molecule has 0 saturated carbocycles. The number of fused-ring (bicyclic) bond motifs is 1. The molecule has 0 radical (unpaired) electrons. The largest absolute Gasteiger partial charge is 0.492 e. The fraction of sp³-hybridized carbons (Fsp3) is 0.500. The monoisotopic (exact) mass is 523 g/mol. The fourth-order valence-corrected chi connectivity index (χ4v) is 6.41. The molecule has 36 heavy (non-hydrogen) atoms. The predicted octanol–water partition coefficient (Wildman–Crippen LogP) is 4.92. The van der Waals surface area contributed by atoms with Crippen LogP contribution in [0.5, 0.6) is 5.75 Å². The van der Waals surface area contributed by atoms with E-state index in [0.29, 0.717) is 43.9 Å². The Morgan fingerprint density at radius 2 is 1.86 bits per heavy atom. The van der Waals surface area contributed by atoms with Crippen LogP contribution >= 0.6 is 0 Å². The van der Waals surface area contributed by atoms with Crippen molar-refractivity contribution in [2.24, 2.45) is 5.92 Å². The maximum absolute atomic E-state index is 13.9. The Morgan fingerprint density at radius 1 is 1.14 bits per heavy atom. The van der Waals surface area contributed by atoms with Gasteiger partial charge in [-0.2, -0.15) is 0 Å². The quantitative estimate of drug-likeness (QED) is 0.479. The first-order chi connectivity index (χ1) is 17.0. The second-order valence-electron chi connectivity index (χ2n) is 9.44. The van der Waals surface area contributed by atoms with Gasteiger partial charge in [0.25, 0.3) is 15.9 Å². The van der Waals surface area contributed by atoms with E-state index < -0.39 is 28.0 Å². The standard InChI is InChI=1S/C26H31F2NO6S/c1-17-4-5-19-14-20(26(2,27)28)6-8-23(19)29(17)36(31,32)21-7-9-24(22(15-21)25(30)33-3)35-16-18-10-12-34-13-11-18/h6-9,14-15,17-18H,4-5,10-13,16H2,1-3H3/t17-/m0/s1. The van der Waals surface area contributed by atoms with Crippen LogP contribution in [0, 0.1) is 5.92 Å². The molecule has 0 aliphatic carbocycles. The van der Waals surface area contributed by atoms with Crippen molar-refractivity contribution in [2.45, 2.75) is 56.4 Å². The van der Waals surface area contributed by atoms with Gasteiger partial charge in [-0.1, -0.05) is 6.07 Å². The predicted molar refractivity (Wildman–Crippen MR) is 130 cm³/mol. The number of sulfonamides is 1. The van der Waals surface area contributed by atoms with Gasteiger partial charge in [-0.05, 0) is 74.4 Å². The maximum Gasteiger partial charge on any atom is 0.341 e. The minimum atomic E-state index is -4.12. The summed E-state index contributed by atoms with van der Waals surface area (Å²) in [5.74, 6) is -3.22. The van der Waals surface area contributed by atoms with Gasteiger partial charge in [-0.25, -0.2) is 22.0 Å². The highest BCUT2D eigenvalue weighted by Crippen LogP contribution is 2.39. The number of ether oxygens (including phenoxy) is 3. The number of benzene rings is 2. The third-order valence-electron chi connectivity index (χ3n) is 6.78. The zero-order valence-electron chi connectivity index (χ0n) is 20.6. The second kappa shape index (κ2) is 10.3. The van der Waals surface area contributed by atoms with Gasteiger partial charge in [0.1, 0.15) is 11.3 Å². The van der Waals surface area contributed by atoms with Crippen molar-refractivity contribution in [3.05, 3.63) is 53.1 Å². The van der Waals surface area contributed by atoms with Crippen LogP contribution in [0.4, 0.5) is 14.5 Å². The smallest absolute Gasteiger partial charge is 0.341 e. The number of alkyl halides is 2. The Balaban J connectivity index is 1.68. The highest BCUT2D eigenvalue weighted by Gasteiger charge is 2.36. The lowest BCUT2D eigenvalue weighted by molar-refractivity contribution is 0.0174. The number of halogens is 2. The summed E-state index contributed by atoms with van der Waals surface area (Å²) in [6, 6.07) is 7.79. The molecule has 4 rings (SSSR count). The zero-order valence-corrected chi connectivity index (χ0v) is 21.4. The topological polar surface area (TPSA) is 82.1 Å². The van der Waals surface area contributed by atoms with E-state index in [9.17, 15) is 22.0 Å². The summed E-state index contributed by atoms with van der Waals surface area (Å²) in [4.78, 5) is 12.4. The molecule has 1 atom stereocenters. The first kappa shape index (κ1) is 26.3. The Morgan fingerprint density at radius 3 is 2.53 bits per heavy atom. The van der Waals surface area contributed by atoms with E-state index in [1.807, 2.05) is 0 Å². The first-order valence-corrected chi connectivity index (χ1v) is 13.4. The number of nitrogens with zero attached hydrogens (tertiary/aromatic N) is 1. The Hall–Kier alpha value is -2.72. The molecular weight excluding hydrogens is 492 g/mol. The lowest BCUT2D eigenvalue weighted by Gasteiger charge is -2.36. The van der Waals surface area contributed by atoms with Gasteiger partial charge >= 0.3 is 5.97 Å². The molecule has 7 nitrogen and oxygen atoms in total. The minimum Gasteiger partial charge on any atom is -0.492 e. The summed E-state index contributed by atoms with van der Waals surface area (Å²) in [7, 11) is -2.91. The summed E-state index contributed by atoms with van der Waals surface area (Å²) in [5, 5.41) is 0. The molecule has 10 heteroatoms. The maximum atomic E-state index is 13.9. The number of anilines is 1. The summed E-state index contributed by atoms with van der Waals surface area (Å²) < 4.78 is 72.7. The van der Waals surface area contributed by atoms with Crippen molar-refractivity contribution in [3.63, 3.8) is 0 Å². The molecule has 2 aromatic rings. The van der Waals surface area contributed by atoms with E-state index in [-0.39, 0.29) is 27.7 Å². The fourth-order valence-electron chi connectivity index (χ4n) is 4.66. The SMILES string of the molecule is COC(=O)c1cc(S(=O)(=O)N2c3ccc(C(C)(F)F)cc3CC[C@@H]2C)ccc1OCC1CCOCC1. The van der Waals surface area contributed by atoms with Crippen LogP contribution in [0.1, 0.15) is 54.6 Å². The van der Waals surface area contributed by atoms with Crippen molar-refractivity contribution >= 4 is 21.7 Å². The van der Waals surface area contributed by atoms with Gasteiger partial charge in [0.15, 0.2) is 0 Å². The Labute approximate surface area is 210 Å². The van der Waals surface area contributed by atoms with Crippen LogP contribution in [0.2, 0.25) is 0 Å². The summed E-state index contributed by atoms with van der Waals surface area (Å²) in [6.45, 7) is 4.27. The molecule has 0 bridgehead atoms. The van der Waals surface area contributed by atoms with E-state index in [1.165, 1.54) is 47.8 Å². The van der Waals surface area contributed by atoms with Crippen molar-refractivity contribution < 1.29 is 36.2 Å². The third-order valence-corrected chi connectivity index (χ3v) is 8.71. The highest BCUT2D eigenvalue weighted by molar-refractivity contribution is 7.92. The van der Waals surface area contributed by atoms with Crippen LogP contribution in [-0.4, -0.2) is 47.4 Å². The van der Waals surface area contributed by atoms with Crippen molar-refractivity contribution in [2.75, 3.05) is 31.2 Å². The molecule has 0 aromatic heterocycles. The molecule has 2 aromatic carbocycles. The van der Waals surface area contributed by atoms with Crippen LogP contribution in [-0.2, 0) is 31.8 Å². The number of rotatable bonds is 7. The third kappa shape index (κ3) is 5.34. The molecule has 1 saturated heterocycles. The first-order valence-electron chi connectivity index (χ1n) is 12.0. The van der Waals surface area contributed by atoms with Crippen molar-refractivity contribution in [1.29, 1.82) is 0 Å². The molecule has 0 unspecified atom stereocenters. The van der Waals surface area contributed by atoms with Gasteiger partial charge in [0.2, 0.25) is 0 Å². The Bertz CT molecular complexity index is 1220. The van der Waals surface area contributed by atoms with Gasteiger partial charge in [-0.15, -0.1) is 0 Å².